The molecule has 0 bridgehead atoms. The number of nitrogens with one attached hydrogen (secondary N) is 1. The maximum absolute atomic E-state index is 12.0. The Bertz CT molecular complexity index is 597. The smallest absolute Gasteiger partial charge is 0.241 e. The van der Waals surface area contributed by atoms with Crippen molar-refractivity contribution < 1.29 is 9.90 Å². The Hall–Kier alpha value is -2.33. The minimum atomic E-state index is -0.605. The van der Waals surface area contributed by atoms with Gasteiger partial charge in [-0.25, -0.2) is 0 Å². The summed E-state index contributed by atoms with van der Waals surface area (Å²) >= 11 is 0. The third-order valence-electron chi connectivity index (χ3n) is 3.10. The SMILES string of the molecule is Cc1cc(NC(=O)[C@H](N)Cc2ccccc2)ccc1O. The highest BCUT2D eigenvalue weighted by molar-refractivity contribution is 5.95. The second kappa shape index (κ2) is 6.21. The number of aryl methyl sites for hydroxylation is 1. The number of amides is 1. The number of carbonyl (C=O) groups is 1. The largest absolute Gasteiger partial charge is 0.508 e. The van der Waals surface area contributed by atoms with E-state index in [0.717, 1.165) is 5.56 Å². The first kappa shape index (κ1) is 14.1. The highest BCUT2D eigenvalue weighted by Gasteiger charge is 2.14. The van der Waals surface area contributed by atoms with Gasteiger partial charge >= 0.3 is 0 Å². The summed E-state index contributed by atoms with van der Waals surface area (Å²) < 4.78 is 0. The molecule has 0 aliphatic rings. The van der Waals surface area contributed by atoms with Crippen molar-refractivity contribution in [2.45, 2.75) is 19.4 Å². The van der Waals surface area contributed by atoms with Crippen molar-refractivity contribution >= 4 is 11.6 Å². The minimum Gasteiger partial charge on any atom is -0.508 e. The highest BCUT2D eigenvalue weighted by Crippen LogP contribution is 2.20. The second-order valence-electron chi connectivity index (χ2n) is 4.79. The third kappa shape index (κ3) is 3.59. The molecule has 0 heterocycles. The van der Waals surface area contributed by atoms with Crippen molar-refractivity contribution in [1.29, 1.82) is 0 Å². The summed E-state index contributed by atoms with van der Waals surface area (Å²) in [4.78, 5) is 12.0. The van der Waals surface area contributed by atoms with Crippen molar-refractivity contribution in [2.24, 2.45) is 5.73 Å². The molecule has 4 heteroatoms. The van der Waals surface area contributed by atoms with Crippen molar-refractivity contribution in [2.75, 3.05) is 5.32 Å². The van der Waals surface area contributed by atoms with Crippen LogP contribution in [0.15, 0.2) is 48.5 Å². The summed E-state index contributed by atoms with van der Waals surface area (Å²) in [5.74, 6) is -0.0319. The molecule has 0 radical (unpaired) electrons. The first-order valence-electron chi connectivity index (χ1n) is 6.46. The van der Waals surface area contributed by atoms with E-state index in [1.54, 1.807) is 25.1 Å². The molecule has 0 aliphatic heterocycles. The van der Waals surface area contributed by atoms with Gasteiger partial charge in [0.2, 0.25) is 5.91 Å². The van der Waals surface area contributed by atoms with E-state index in [2.05, 4.69) is 5.32 Å². The third-order valence-corrected chi connectivity index (χ3v) is 3.10. The highest BCUT2D eigenvalue weighted by atomic mass is 16.3. The lowest BCUT2D eigenvalue weighted by Gasteiger charge is -2.13. The van der Waals surface area contributed by atoms with Gasteiger partial charge in [-0.05, 0) is 42.7 Å². The summed E-state index contributed by atoms with van der Waals surface area (Å²) in [6, 6.07) is 14.0. The van der Waals surface area contributed by atoms with Crippen LogP contribution >= 0.6 is 0 Å². The number of rotatable bonds is 4. The fourth-order valence-corrected chi connectivity index (χ4v) is 1.93. The monoisotopic (exact) mass is 270 g/mol. The second-order valence-corrected chi connectivity index (χ2v) is 4.79. The number of phenols is 1. The molecular formula is C16H18N2O2. The van der Waals surface area contributed by atoms with Crippen LogP contribution in [0.1, 0.15) is 11.1 Å². The van der Waals surface area contributed by atoms with Crippen molar-refractivity contribution in [3.8, 4) is 5.75 Å². The van der Waals surface area contributed by atoms with Gasteiger partial charge in [-0.2, -0.15) is 0 Å². The minimum absolute atomic E-state index is 0.205. The number of phenolic OH excluding ortho intramolecular Hbond substituents is 1. The van der Waals surface area contributed by atoms with Crippen molar-refractivity contribution in [1.82, 2.24) is 0 Å². The summed E-state index contributed by atoms with van der Waals surface area (Å²) in [5, 5.41) is 12.2. The van der Waals surface area contributed by atoms with Gasteiger partial charge in [0.1, 0.15) is 5.75 Å². The molecule has 2 aromatic rings. The quantitative estimate of drug-likeness (QED) is 0.746. The number of aromatic hydroxyl groups is 1. The van der Waals surface area contributed by atoms with Crippen LogP contribution in [-0.2, 0) is 11.2 Å². The molecular weight excluding hydrogens is 252 g/mol. The van der Waals surface area contributed by atoms with E-state index in [1.807, 2.05) is 30.3 Å². The van der Waals surface area contributed by atoms with E-state index in [4.69, 9.17) is 5.73 Å². The Kier molecular flexibility index (Phi) is 4.38. The van der Waals surface area contributed by atoms with E-state index in [-0.39, 0.29) is 11.7 Å². The van der Waals surface area contributed by atoms with Crippen molar-refractivity contribution in [3.63, 3.8) is 0 Å². The normalized spacial score (nSPS) is 11.9. The Morgan fingerprint density at radius 2 is 1.95 bits per heavy atom. The molecule has 20 heavy (non-hydrogen) atoms. The van der Waals surface area contributed by atoms with Crippen LogP contribution in [0.5, 0.6) is 5.75 Å². The standard InChI is InChI=1S/C16H18N2O2/c1-11-9-13(7-8-15(11)19)18-16(20)14(17)10-12-5-3-2-4-6-12/h2-9,14,19H,10,17H2,1H3,(H,18,20)/t14-/m1/s1. The van der Waals surface area contributed by atoms with Crippen LogP contribution in [0.4, 0.5) is 5.69 Å². The predicted octanol–water partition coefficient (Wildman–Crippen LogP) is 2.21. The van der Waals surface area contributed by atoms with Gasteiger partial charge in [0.15, 0.2) is 0 Å². The molecule has 0 spiro atoms. The molecule has 2 aromatic carbocycles. The molecule has 2 rings (SSSR count). The maximum Gasteiger partial charge on any atom is 0.241 e. The van der Waals surface area contributed by atoms with Gasteiger partial charge in [0, 0.05) is 5.69 Å². The zero-order chi connectivity index (χ0) is 14.5. The fourth-order valence-electron chi connectivity index (χ4n) is 1.93. The van der Waals surface area contributed by atoms with Crippen LogP contribution < -0.4 is 11.1 Å². The fraction of sp³-hybridized carbons (Fsp3) is 0.188. The molecule has 0 saturated heterocycles. The van der Waals surface area contributed by atoms with Gasteiger partial charge in [0.05, 0.1) is 6.04 Å². The number of hydrogen-bond acceptors (Lipinski definition) is 3. The van der Waals surface area contributed by atoms with Crippen LogP contribution in [0, 0.1) is 6.92 Å². The lowest BCUT2D eigenvalue weighted by atomic mass is 10.1. The molecule has 4 nitrogen and oxygen atoms in total. The molecule has 1 amide bonds. The van der Waals surface area contributed by atoms with E-state index in [9.17, 15) is 9.90 Å². The Balaban J connectivity index is 1.99. The summed E-state index contributed by atoms with van der Waals surface area (Å²) in [5.41, 5.74) is 8.27. The first-order valence-corrected chi connectivity index (χ1v) is 6.46. The molecule has 0 aliphatic carbocycles. The average molecular weight is 270 g/mol. The predicted molar refractivity (Wildman–Crippen MR) is 79.6 cm³/mol. The lowest BCUT2D eigenvalue weighted by Crippen LogP contribution is -2.37. The van der Waals surface area contributed by atoms with E-state index in [0.29, 0.717) is 17.7 Å². The zero-order valence-corrected chi connectivity index (χ0v) is 11.3. The van der Waals surface area contributed by atoms with Crippen LogP contribution in [-0.4, -0.2) is 17.1 Å². The zero-order valence-electron chi connectivity index (χ0n) is 11.3. The van der Waals surface area contributed by atoms with Gasteiger partial charge in [-0.3, -0.25) is 4.79 Å². The molecule has 0 unspecified atom stereocenters. The molecule has 0 aromatic heterocycles. The van der Waals surface area contributed by atoms with Crippen LogP contribution in [0.3, 0.4) is 0 Å². The molecule has 1 atom stereocenters. The van der Waals surface area contributed by atoms with Gasteiger partial charge in [-0.15, -0.1) is 0 Å². The van der Waals surface area contributed by atoms with Gasteiger partial charge < -0.3 is 16.2 Å². The number of benzene rings is 2. The molecule has 104 valence electrons. The molecule has 0 saturated carbocycles. The van der Waals surface area contributed by atoms with E-state index >= 15 is 0 Å². The molecule has 4 N–H and O–H groups in total. The van der Waals surface area contributed by atoms with Gasteiger partial charge in [0.25, 0.3) is 0 Å². The summed E-state index contributed by atoms with van der Waals surface area (Å²) in [6.07, 6.45) is 0.490. The first-order chi connectivity index (χ1) is 9.56. The van der Waals surface area contributed by atoms with Crippen LogP contribution in [0.2, 0.25) is 0 Å². The number of hydrogen-bond donors (Lipinski definition) is 3. The average Bonchev–Trinajstić information content (AvgIpc) is 2.44. The summed E-state index contributed by atoms with van der Waals surface area (Å²) in [7, 11) is 0. The Morgan fingerprint density at radius 3 is 2.60 bits per heavy atom. The number of anilines is 1. The topological polar surface area (TPSA) is 75.4 Å². The Labute approximate surface area is 118 Å². The molecule has 0 fully saturated rings. The van der Waals surface area contributed by atoms with Gasteiger partial charge in [-0.1, -0.05) is 30.3 Å². The maximum atomic E-state index is 12.0. The summed E-state index contributed by atoms with van der Waals surface area (Å²) in [6.45, 7) is 1.77. The van der Waals surface area contributed by atoms with E-state index in [1.165, 1.54) is 0 Å². The van der Waals surface area contributed by atoms with Crippen molar-refractivity contribution in [3.05, 3.63) is 59.7 Å². The van der Waals surface area contributed by atoms with E-state index < -0.39 is 6.04 Å². The lowest BCUT2D eigenvalue weighted by molar-refractivity contribution is -0.117. The Morgan fingerprint density at radius 1 is 1.25 bits per heavy atom. The van der Waals surface area contributed by atoms with Crippen LogP contribution in [0.25, 0.3) is 0 Å². The number of carbonyl (C=O) groups excluding carboxylic acids is 1. The number of nitrogens with two attached hydrogens (primary N) is 1.